The van der Waals surface area contributed by atoms with Crippen molar-refractivity contribution < 1.29 is 27.9 Å². The van der Waals surface area contributed by atoms with Crippen LogP contribution < -0.4 is 10.0 Å². The molecule has 10 heteroatoms. The molecule has 4 amide bonds. The van der Waals surface area contributed by atoms with Gasteiger partial charge in [0.05, 0.1) is 4.90 Å². The van der Waals surface area contributed by atoms with Crippen LogP contribution in [-0.2, 0) is 21.2 Å². The highest BCUT2D eigenvalue weighted by Crippen LogP contribution is 2.12. The minimum atomic E-state index is -4.09. The maximum Gasteiger partial charge on any atom is 0.418 e. The SMILES string of the molecule is O=C(O)NS(=O)(=O)c1ccc(CCNC(=O)N2CCCCC2=O)cc1. The van der Waals surface area contributed by atoms with Crippen LogP contribution in [0.15, 0.2) is 29.2 Å². The number of nitrogens with zero attached hydrogens (tertiary/aromatic N) is 1. The van der Waals surface area contributed by atoms with E-state index in [4.69, 9.17) is 5.11 Å². The summed E-state index contributed by atoms with van der Waals surface area (Å²) >= 11 is 0. The fraction of sp³-hybridized carbons (Fsp3) is 0.400. The van der Waals surface area contributed by atoms with Crippen molar-refractivity contribution in [1.29, 1.82) is 0 Å². The summed E-state index contributed by atoms with van der Waals surface area (Å²) in [7, 11) is -4.09. The molecule has 0 atom stereocenters. The number of piperidine rings is 1. The Kier molecular flexibility index (Phi) is 5.97. The quantitative estimate of drug-likeness (QED) is 0.706. The lowest BCUT2D eigenvalue weighted by Crippen LogP contribution is -2.46. The fourth-order valence-electron chi connectivity index (χ4n) is 2.44. The van der Waals surface area contributed by atoms with E-state index < -0.39 is 22.1 Å². The van der Waals surface area contributed by atoms with Crippen molar-refractivity contribution in [2.24, 2.45) is 0 Å². The lowest BCUT2D eigenvalue weighted by atomic mass is 10.1. The van der Waals surface area contributed by atoms with Crippen LogP contribution in [0.25, 0.3) is 0 Å². The Morgan fingerprint density at radius 3 is 2.44 bits per heavy atom. The lowest BCUT2D eigenvalue weighted by molar-refractivity contribution is -0.130. The lowest BCUT2D eigenvalue weighted by Gasteiger charge is -2.24. The van der Waals surface area contributed by atoms with E-state index in [2.05, 4.69) is 5.32 Å². The van der Waals surface area contributed by atoms with Crippen LogP contribution >= 0.6 is 0 Å². The van der Waals surface area contributed by atoms with E-state index >= 15 is 0 Å². The van der Waals surface area contributed by atoms with Gasteiger partial charge in [0.15, 0.2) is 0 Å². The van der Waals surface area contributed by atoms with Gasteiger partial charge in [-0.15, -0.1) is 0 Å². The summed E-state index contributed by atoms with van der Waals surface area (Å²) in [6.45, 7) is 0.718. The third-order valence-corrected chi connectivity index (χ3v) is 5.05. The number of carbonyl (C=O) groups excluding carboxylic acids is 2. The van der Waals surface area contributed by atoms with Gasteiger partial charge in [-0.3, -0.25) is 9.69 Å². The molecule has 1 heterocycles. The zero-order valence-electron chi connectivity index (χ0n) is 13.4. The topological polar surface area (TPSA) is 133 Å². The first kappa shape index (κ1) is 18.7. The fourth-order valence-corrected chi connectivity index (χ4v) is 3.28. The van der Waals surface area contributed by atoms with Crippen LogP contribution in [0.4, 0.5) is 9.59 Å². The van der Waals surface area contributed by atoms with E-state index in [-0.39, 0.29) is 10.8 Å². The van der Waals surface area contributed by atoms with Crippen molar-refractivity contribution in [1.82, 2.24) is 14.9 Å². The molecule has 136 valence electrons. The summed E-state index contributed by atoms with van der Waals surface area (Å²) in [5.74, 6) is -0.177. The van der Waals surface area contributed by atoms with Gasteiger partial charge in [-0.25, -0.2) is 22.7 Å². The summed E-state index contributed by atoms with van der Waals surface area (Å²) in [5, 5.41) is 11.2. The van der Waals surface area contributed by atoms with Gasteiger partial charge in [-0.2, -0.15) is 0 Å². The number of carboxylic acid groups (broad SMARTS) is 1. The van der Waals surface area contributed by atoms with Gasteiger partial charge < -0.3 is 10.4 Å². The Morgan fingerprint density at radius 2 is 1.84 bits per heavy atom. The largest absolute Gasteiger partial charge is 0.464 e. The zero-order chi connectivity index (χ0) is 18.4. The molecular formula is C15H19N3O6S. The van der Waals surface area contributed by atoms with Gasteiger partial charge in [0.2, 0.25) is 5.91 Å². The Balaban J connectivity index is 1.86. The molecule has 0 aromatic heterocycles. The highest BCUT2D eigenvalue weighted by Gasteiger charge is 2.23. The molecule has 2 rings (SSSR count). The predicted molar refractivity (Wildman–Crippen MR) is 87.5 cm³/mol. The van der Waals surface area contributed by atoms with Gasteiger partial charge in [0.25, 0.3) is 10.0 Å². The number of sulfonamides is 1. The summed E-state index contributed by atoms with van der Waals surface area (Å²) in [4.78, 5) is 35.1. The Morgan fingerprint density at radius 1 is 1.16 bits per heavy atom. The molecule has 1 aliphatic heterocycles. The maximum absolute atomic E-state index is 11.9. The number of likely N-dealkylation sites (tertiary alicyclic amines) is 1. The Bertz CT molecular complexity index is 760. The predicted octanol–water partition coefficient (Wildman–Crippen LogP) is 0.907. The Hall–Kier alpha value is -2.62. The molecule has 0 radical (unpaired) electrons. The van der Waals surface area contributed by atoms with E-state index in [0.717, 1.165) is 18.4 Å². The highest BCUT2D eigenvalue weighted by molar-refractivity contribution is 7.90. The molecule has 3 N–H and O–H groups in total. The molecule has 1 fully saturated rings. The summed E-state index contributed by atoms with van der Waals surface area (Å²) in [5.41, 5.74) is 0.763. The number of amides is 4. The normalized spacial score (nSPS) is 14.9. The smallest absolute Gasteiger partial charge is 0.418 e. The van der Waals surface area contributed by atoms with Crippen LogP contribution in [0.3, 0.4) is 0 Å². The van der Waals surface area contributed by atoms with Crippen LogP contribution in [0.5, 0.6) is 0 Å². The molecule has 0 spiro atoms. The van der Waals surface area contributed by atoms with E-state index in [1.807, 2.05) is 0 Å². The van der Waals surface area contributed by atoms with Gasteiger partial charge in [0, 0.05) is 19.5 Å². The van der Waals surface area contributed by atoms with Gasteiger partial charge in [0.1, 0.15) is 0 Å². The monoisotopic (exact) mass is 369 g/mol. The number of rotatable bonds is 5. The second-order valence-corrected chi connectivity index (χ2v) is 7.22. The number of urea groups is 1. The first-order valence-electron chi connectivity index (χ1n) is 7.72. The zero-order valence-corrected chi connectivity index (χ0v) is 14.2. The van der Waals surface area contributed by atoms with Gasteiger partial charge >= 0.3 is 12.1 Å². The second-order valence-electron chi connectivity index (χ2n) is 5.54. The van der Waals surface area contributed by atoms with Crippen molar-refractivity contribution in [3.8, 4) is 0 Å². The molecule has 1 aromatic rings. The minimum Gasteiger partial charge on any atom is -0.464 e. The number of imide groups is 1. The second kappa shape index (κ2) is 7.97. The van der Waals surface area contributed by atoms with Crippen molar-refractivity contribution in [2.45, 2.75) is 30.6 Å². The summed E-state index contributed by atoms with van der Waals surface area (Å²) in [6, 6.07) is 5.23. The highest BCUT2D eigenvalue weighted by atomic mass is 32.2. The standard InChI is InChI=1S/C15H19N3O6S/c19-13-3-1-2-10-18(13)14(20)16-9-8-11-4-6-12(7-5-11)25(23,24)17-15(21)22/h4-7,17H,1-3,8-10H2,(H,16,20)(H,21,22). The Labute approximate surface area is 145 Å². The van der Waals surface area contributed by atoms with Gasteiger partial charge in [-0.1, -0.05) is 12.1 Å². The maximum atomic E-state index is 11.9. The average molecular weight is 369 g/mol. The van der Waals surface area contributed by atoms with Crippen molar-refractivity contribution >= 4 is 28.1 Å². The van der Waals surface area contributed by atoms with E-state index in [9.17, 15) is 22.8 Å². The van der Waals surface area contributed by atoms with Crippen molar-refractivity contribution in [3.05, 3.63) is 29.8 Å². The third-order valence-electron chi connectivity index (χ3n) is 3.71. The number of nitrogens with one attached hydrogen (secondary N) is 2. The molecule has 0 aliphatic carbocycles. The van der Waals surface area contributed by atoms with Crippen molar-refractivity contribution in [2.75, 3.05) is 13.1 Å². The summed E-state index contributed by atoms with van der Waals surface area (Å²) in [6.07, 6.45) is 0.779. The molecule has 1 aromatic carbocycles. The number of hydrogen-bond donors (Lipinski definition) is 3. The van der Waals surface area contributed by atoms with E-state index in [0.29, 0.717) is 25.9 Å². The average Bonchev–Trinajstić information content (AvgIpc) is 2.54. The van der Waals surface area contributed by atoms with Crippen LogP contribution in [-0.4, -0.2) is 49.5 Å². The van der Waals surface area contributed by atoms with Gasteiger partial charge in [-0.05, 0) is 37.0 Å². The van der Waals surface area contributed by atoms with E-state index in [1.54, 1.807) is 0 Å². The van der Waals surface area contributed by atoms with E-state index in [1.165, 1.54) is 33.9 Å². The number of hydrogen-bond acceptors (Lipinski definition) is 5. The minimum absolute atomic E-state index is 0.165. The molecule has 0 bridgehead atoms. The first-order chi connectivity index (χ1) is 11.8. The van der Waals surface area contributed by atoms with Crippen LogP contribution in [0.2, 0.25) is 0 Å². The molecule has 1 aliphatic rings. The van der Waals surface area contributed by atoms with Crippen molar-refractivity contribution in [3.63, 3.8) is 0 Å². The molecule has 9 nitrogen and oxygen atoms in total. The number of carbonyl (C=O) groups is 3. The summed E-state index contributed by atoms with van der Waals surface area (Å²) < 4.78 is 24.8. The molecule has 25 heavy (non-hydrogen) atoms. The first-order valence-corrected chi connectivity index (χ1v) is 9.21. The molecule has 1 saturated heterocycles. The third kappa shape index (κ3) is 5.18. The molecule has 0 saturated carbocycles. The molecular weight excluding hydrogens is 350 g/mol. The number of benzene rings is 1. The molecule has 0 unspecified atom stereocenters. The van der Waals surface area contributed by atoms with Crippen LogP contribution in [0, 0.1) is 0 Å². The van der Waals surface area contributed by atoms with Crippen LogP contribution in [0.1, 0.15) is 24.8 Å².